The Hall–Kier alpha value is -2.66. The number of methoxy groups -OCH3 is 1. The molecule has 5 heteroatoms. The van der Waals surface area contributed by atoms with Crippen LogP contribution in [-0.2, 0) is 6.54 Å². The van der Waals surface area contributed by atoms with E-state index in [2.05, 4.69) is 23.3 Å². The number of hydrogen-bond donors (Lipinski definition) is 1. The summed E-state index contributed by atoms with van der Waals surface area (Å²) in [7, 11) is 1.63. The fraction of sp³-hybridized carbons (Fsp3) is 0.158. The van der Waals surface area contributed by atoms with Crippen molar-refractivity contribution in [1.82, 2.24) is 10.3 Å². The van der Waals surface area contributed by atoms with E-state index < -0.39 is 0 Å². The molecule has 1 N–H and O–H groups in total. The highest BCUT2D eigenvalue weighted by Gasteiger charge is 2.09. The van der Waals surface area contributed by atoms with Gasteiger partial charge < -0.3 is 10.1 Å². The number of nitrogens with one attached hydrogen (secondary N) is 1. The Kier molecular flexibility index (Phi) is 4.91. The Morgan fingerprint density at radius 2 is 1.96 bits per heavy atom. The van der Waals surface area contributed by atoms with Gasteiger partial charge in [0.05, 0.1) is 17.7 Å². The maximum Gasteiger partial charge on any atom is 0.251 e. The van der Waals surface area contributed by atoms with Crippen LogP contribution in [0.3, 0.4) is 0 Å². The summed E-state index contributed by atoms with van der Waals surface area (Å²) >= 11 is 1.67. The molecule has 0 atom stereocenters. The van der Waals surface area contributed by atoms with Crippen LogP contribution < -0.4 is 10.1 Å². The molecule has 0 spiro atoms. The van der Waals surface area contributed by atoms with Crippen LogP contribution in [0.2, 0.25) is 0 Å². The minimum absolute atomic E-state index is 0.109. The molecule has 0 bridgehead atoms. The van der Waals surface area contributed by atoms with Crippen molar-refractivity contribution >= 4 is 17.2 Å². The maximum atomic E-state index is 12.4. The summed E-state index contributed by atoms with van der Waals surface area (Å²) in [5, 5.41) is 2.93. The van der Waals surface area contributed by atoms with Crippen LogP contribution in [0.1, 0.15) is 20.8 Å². The summed E-state index contributed by atoms with van der Waals surface area (Å²) < 4.78 is 5.13. The molecule has 0 saturated heterocycles. The van der Waals surface area contributed by atoms with Gasteiger partial charge in [-0.25, -0.2) is 0 Å². The number of carbonyl (C=O) groups excluding carboxylic acids is 1. The van der Waals surface area contributed by atoms with Gasteiger partial charge in [-0.05, 0) is 48.9 Å². The maximum absolute atomic E-state index is 12.4. The van der Waals surface area contributed by atoms with Crippen molar-refractivity contribution in [3.63, 3.8) is 0 Å². The van der Waals surface area contributed by atoms with Crippen LogP contribution in [0.5, 0.6) is 5.75 Å². The number of pyridine rings is 1. The molecule has 3 aromatic rings. The van der Waals surface area contributed by atoms with Crippen molar-refractivity contribution in [2.45, 2.75) is 13.5 Å². The predicted molar refractivity (Wildman–Crippen MR) is 96.5 cm³/mol. The number of nitrogens with zero attached hydrogens (tertiary/aromatic N) is 1. The van der Waals surface area contributed by atoms with Crippen LogP contribution in [0.4, 0.5) is 0 Å². The number of hydrogen-bond acceptors (Lipinski definition) is 4. The molecule has 0 aliphatic rings. The third-order valence-corrected chi connectivity index (χ3v) is 4.65. The summed E-state index contributed by atoms with van der Waals surface area (Å²) in [6.45, 7) is 2.53. The van der Waals surface area contributed by atoms with Gasteiger partial charge in [-0.1, -0.05) is 12.1 Å². The molecule has 3 rings (SSSR count). The van der Waals surface area contributed by atoms with E-state index in [1.807, 2.05) is 36.4 Å². The quantitative estimate of drug-likeness (QED) is 0.763. The molecule has 0 aliphatic carbocycles. The lowest BCUT2D eigenvalue weighted by atomic mass is 10.2. The molecule has 0 radical (unpaired) electrons. The lowest BCUT2D eigenvalue weighted by Gasteiger charge is -2.07. The normalized spacial score (nSPS) is 10.4. The second-order valence-electron chi connectivity index (χ2n) is 5.37. The number of aromatic nitrogens is 1. The van der Waals surface area contributed by atoms with E-state index in [9.17, 15) is 4.79 Å². The Morgan fingerprint density at radius 1 is 1.17 bits per heavy atom. The molecule has 2 heterocycles. The number of aryl methyl sites for hydroxylation is 1. The second kappa shape index (κ2) is 7.27. The summed E-state index contributed by atoms with van der Waals surface area (Å²) in [4.78, 5) is 19.0. The molecule has 0 saturated carbocycles. The van der Waals surface area contributed by atoms with Gasteiger partial charge >= 0.3 is 0 Å². The highest BCUT2D eigenvalue weighted by molar-refractivity contribution is 7.15. The van der Waals surface area contributed by atoms with E-state index in [1.165, 1.54) is 4.88 Å². The Morgan fingerprint density at radius 3 is 2.62 bits per heavy atom. The topological polar surface area (TPSA) is 51.2 Å². The fourth-order valence-electron chi connectivity index (χ4n) is 2.31. The van der Waals surface area contributed by atoms with Crippen molar-refractivity contribution in [2.75, 3.05) is 7.11 Å². The van der Waals surface area contributed by atoms with Crippen LogP contribution in [0, 0.1) is 6.92 Å². The van der Waals surface area contributed by atoms with Crippen LogP contribution >= 0.6 is 11.3 Å². The third kappa shape index (κ3) is 3.81. The van der Waals surface area contributed by atoms with Crippen molar-refractivity contribution in [3.8, 4) is 16.3 Å². The monoisotopic (exact) mass is 338 g/mol. The molecule has 4 nitrogen and oxygen atoms in total. The molecule has 0 fully saturated rings. The van der Waals surface area contributed by atoms with Gasteiger partial charge in [-0.2, -0.15) is 0 Å². The minimum atomic E-state index is -0.109. The van der Waals surface area contributed by atoms with Crippen LogP contribution in [0.25, 0.3) is 10.6 Å². The summed E-state index contributed by atoms with van der Waals surface area (Å²) in [5.41, 5.74) is 2.46. The third-order valence-electron chi connectivity index (χ3n) is 3.63. The van der Waals surface area contributed by atoms with E-state index in [1.54, 1.807) is 30.7 Å². The summed E-state index contributed by atoms with van der Waals surface area (Å²) in [6, 6.07) is 15.3. The van der Waals surface area contributed by atoms with E-state index in [-0.39, 0.29) is 5.91 Å². The van der Waals surface area contributed by atoms with Crippen molar-refractivity contribution in [3.05, 3.63) is 70.7 Å². The molecule has 1 amide bonds. The van der Waals surface area contributed by atoms with Gasteiger partial charge in [-0.3, -0.25) is 9.78 Å². The molecular formula is C19H18N2O2S. The minimum Gasteiger partial charge on any atom is -0.497 e. The van der Waals surface area contributed by atoms with Crippen LogP contribution in [-0.4, -0.2) is 18.0 Å². The lowest BCUT2D eigenvalue weighted by molar-refractivity contribution is 0.0951. The van der Waals surface area contributed by atoms with Gasteiger partial charge in [0.2, 0.25) is 0 Å². The second-order valence-corrected chi connectivity index (χ2v) is 6.66. The van der Waals surface area contributed by atoms with Crippen molar-refractivity contribution in [2.24, 2.45) is 0 Å². The summed E-state index contributed by atoms with van der Waals surface area (Å²) in [6.07, 6.45) is 1.67. The van der Waals surface area contributed by atoms with Crippen LogP contribution in [0.15, 0.2) is 54.7 Å². The highest BCUT2D eigenvalue weighted by Crippen LogP contribution is 2.26. The van der Waals surface area contributed by atoms with E-state index in [4.69, 9.17) is 4.74 Å². The van der Waals surface area contributed by atoms with E-state index >= 15 is 0 Å². The first kappa shape index (κ1) is 16.2. The highest BCUT2D eigenvalue weighted by atomic mass is 32.1. The molecule has 0 unspecified atom stereocenters. The van der Waals surface area contributed by atoms with Gasteiger partial charge in [-0.15, -0.1) is 11.3 Å². The fourth-order valence-corrected chi connectivity index (χ4v) is 3.14. The molecule has 0 aliphatic heterocycles. The van der Waals surface area contributed by atoms with Crippen molar-refractivity contribution in [1.29, 1.82) is 0 Å². The van der Waals surface area contributed by atoms with Gasteiger partial charge in [0.25, 0.3) is 5.91 Å². The Bertz CT molecular complexity index is 841. The molecule has 24 heavy (non-hydrogen) atoms. The number of amides is 1. The molecule has 122 valence electrons. The van der Waals surface area contributed by atoms with E-state index in [0.717, 1.165) is 21.9 Å². The predicted octanol–water partition coefficient (Wildman–Crippen LogP) is 4.06. The van der Waals surface area contributed by atoms with Gasteiger partial charge in [0.15, 0.2) is 0 Å². The number of thiophene rings is 1. The first-order valence-corrected chi connectivity index (χ1v) is 8.41. The average molecular weight is 338 g/mol. The van der Waals surface area contributed by atoms with Crippen molar-refractivity contribution < 1.29 is 9.53 Å². The summed E-state index contributed by atoms with van der Waals surface area (Å²) in [5.74, 6) is 0.692. The zero-order chi connectivity index (χ0) is 16.9. The Labute approximate surface area is 145 Å². The molecule has 1 aromatic carbocycles. The standard InChI is InChI=1S/C19H18N2O2S/c1-13-3-8-18(24-13)17-11-15(9-10-20-17)19(22)21-12-14-4-6-16(23-2)7-5-14/h3-11H,12H2,1-2H3,(H,21,22). The average Bonchev–Trinajstić information content (AvgIpc) is 3.06. The zero-order valence-electron chi connectivity index (χ0n) is 13.6. The Balaban J connectivity index is 1.68. The largest absolute Gasteiger partial charge is 0.497 e. The van der Waals surface area contributed by atoms with E-state index in [0.29, 0.717) is 12.1 Å². The SMILES string of the molecule is COc1ccc(CNC(=O)c2ccnc(-c3ccc(C)s3)c2)cc1. The van der Waals surface area contributed by atoms with Gasteiger partial charge in [0, 0.05) is 23.2 Å². The number of ether oxygens (including phenoxy) is 1. The zero-order valence-corrected chi connectivity index (χ0v) is 14.4. The molecular weight excluding hydrogens is 320 g/mol. The number of benzene rings is 1. The molecule has 2 aromatic heterocycles. The number of carbonyl (C=O) groups is 1. The number of rotatable bonds is 5. The van der Waals surface area contributed by atoms with Gasteiger partial charge in [0.1, 0.15) is 5.75 Å². The smallest absolute Gasteiger partial charge is 0.251 e. The lowest BCUT2D eigenvalue weighted by Crippen LogP contribution is -2.22. The first-order valence-electron chi connectivity index (χ1n) is 7.60. The first-order chi connectivity index (χ1) is 11.7.